The van der Waals surface area contributed by atoms with Crippen LogP contribution < -0.4 is 10.6 Å². The highest BCUT2D eigenvalue weighted by molar-refractivity contribution is 5.42. The lowest BCUT2D eigenvalue weighted by atomic mass is 10.3. The predicted octanol–water partition coefficient (Wildman–Crippen LogP) is 0.683. The van der Waals surface area contributed by atoms with Crippen molar-refractivity contribution in [1.29, 1.82) is 0 Å². The first-order valence-corrected chi connectivity index (χ1v) is 4.25. The van der Waals surface area contributed by atoms with Crippen LogP contribution in [-0.2, 0) is 0 Å². The Morgan fingerprint density at radius 2 is 1.83 bits per heavy atom. The Kier molecular flexibility index (Phi) is 5.54. The molecule has 0 amide bonds. The minimum atomic E-state index is -0.404. The fourth-order valence-electron chi connectivity index (χ4n) is 0.861. The maximum absolute atomic E-state index is 4.16. The van der Waals surface area contributed by atoms with E-state index in [-0.39, 0.29) is 0 Å². The van der Waals surface area contributed by atoms with Crippen molar-refractivity contribution in [1.82, 2.24) is 10.6 Å². The van der Waals surface area contributed by atoms with Crippen molar-refractivity contribution < 1.29 is 0 Å². The van der Waals surface area contributed by atoms with E-state index in [1.807, 2.05) is 27.9 Å². The van der Waals surface area contributed by atoms with E-state index in [2.05, 4.69) is 26.6 Å². The van der Waals surface area contributed by atoms with E-state index in [4.69, 9.17) is 0 Å². The van der Waals surface area contributed by atoms with Crippen molar-refractivity contribution in [2.24, 2.45) is 9.98 Å². The summed E-state index contributed by atoms with van der Waals surface area (Å²) >= 11 is 0. The number of nitrogens with zero attached hydrogens (tertiary/aromatic N) is 2. The molecule has 12 heavy (non-hydrogen) atoms. The molecule has 0 radical (unpaired) electrons. The Morgan fingerprint density at radius 1 is 1.25 bits per heavy atom. The molecule has 2 N–H and O–H groups in total. The molecule has 0 spiro atoms. The van der Waals surface area contributed by atoms with E-state index in [1.165, 1.54) is 0 Å². The van der Waals surface area contributed by atoms with Crippen molar-refractivity contribution in [2.45, 2.75) is 26.1 Å². The smallest absolute Gasteiger partial charge is 0.174 e. The molecular weight excluding hydrogens is 152 g/mol. The molecule has 70 valence electrons. The summed E-state index contributed by atoms with van der Waals surface area (Å²) in [6.07, 6.45) is 0.853. The highest BCUT2D eigenvalue weighted by Gasteiger charge is 2.20. The molecule has 0 heterocycles. The highest BCUT2D eigenvalue weighted by atomic mass is 15.3. The standard InChI is InChI=1S/C8H18N4/c1-5-8(9-3,10-4)12-7-11-6-2/h9-10H,5-6H2,1-4H3. The van der Waals surface area contributed by atoms with Crippen LogP contribution in [0.4, 0.5) is 0 Å². The molecular formula is C8H18N4. The van der Waals surface area contributed by atoms with Gasteiger partial charge in [0.15, 0.2) is 5.79 Å². The van der Waals surface area contributed by atoms with E-state index in [0.29, 0.717) is 0 Å². The Hall–Kier alpha value is -0.700. The van der Waals surface area contributed by atoms with Crippen LogP contribution in [-0.4, -0.2) is 32.4 Å². The van der Waals surface area contributed by atoms with Crippen molar-refractivity contribution >= 4 is 6.01 Å². The second-order valence-electron chi connectivity index (χ2n) is 2.40. The molecule has 0 saturated carbocycles. The summed E-state index contributed by atoms with van der Waals surface area (Å²) < 4.78 is 0. The zero-order valence-electron chi connectivity index (χ0n) is 8.31. The number of nitrogens with one attached hydrogen (secondary N) is 2. The monoisotopic (exact) mass is 170 g/mol. The fourth-order valence-corrected chi connectivity index (χ4v) is 0.861. The molecule has 0 aliphatic carbocycles. The summed E-state index contributed by atoms with van der Waals surface area (Å²) in [7, 11) is 3.72. The summed E-state index contributed by atoms with van der Waals surface area (Å²) in [5.41, 5.74) is 0. The van der Waals surface area contributed by atoms with Crippen LogP contribution in [0.5, 0.6) is 0 Å². The zero-order valence-corrected chi connectivity index (χ0v) is 8.31. The van der Waals surface area contributed by atoms with Gasteiger partial charge in [-0.2, -0.15) is 4.99 Å². The van der Waals surface area contributed by atoms with Gasteiger partial charge in [0.05, 0.1) is 6.01 Å². The number of hydrogen-bond acceptors (Lipinski definition) is 4. The van der Waals surface area contributed by atoms with Gasteiger partial charge in [0, 0.05) is 6.54 Å². The first-order chi connectivity index (χ1) is 5.74. The average Bonchev–Trinajstić information content (AvgIpc) is 2.14. The third-order valence-corrected chi connectivity index (χ3v) is 1.81. The first-order valence-electron chi connectivity index (χ1n) is 4.25. The van der Waals surface area contributed by atoms with Gasteiger partial charge in [0.2, 0.25) is 0 Å². The van der Waals surface area contributed by atoms with Crippen molar-refractivity contribution in [2.75, 3.05) is 20.6 Å². The van der Waals surface area contributed by atoms with Crippen LogP contribution >= 0.6 is 0 Å². The summed E-state index contributed by atoms with van der Waals surface area (Å²) in [6.45, 7) is 4.72. The van der Waals surface area contributed by atoms with Crippen molar-refractivity contribution in [3.05, 3.63) is 0 Å². The second-order valence-corrected chi connectivity index (χ2v) is 2.40. The highest BCUT2D eigenvalue weighted by Crippen LogP contribution is 2.04. The predicted molar refractivity (Wildman–Crippen MR) is 51.5 cm³/mol. The van der Waals surface area contributed by atoms with Crippen LogP contribution in [0.25, 0.3) is 0 Å². The quantitative estimate of drug-likeness (QED) is 0.471. The number of hydrogen-bond donors (Lipinski definition) is 2. The molecule has 0 saturated heterocycles. The molecule has 0 aromatic carbocycles. The SMILES string of the molecule is CCN=C=NC(CC)(NC)NC. The van der Waals surface area contributed by atoms with Gasteiger partial charge in [-0.25, -0.2) is 4.99 Å². The molecule has 0 unspecified atom stereocenters. The van der Waals surface area contributed by atoms with Gasteiger partial charge >= 0.3 is 0 Å². The van der Waals surface area contributed by atoms with Crippen LogP contribution in [0.3, 0.4) is 0 Å². The molecule has 0 fully saturated rings. The van der Waals surface area contributed by atoms with Crippen LogP contribution in [0, 0.1) is 0 Å². The van der Waals surface area contributed by atoms with Gasteiger partial charge in [-0.1, -0.05) is 6.92 Å². The van der Waals surface area contributed by atoms with Gasteiger partial charge < -0.3 is 0 Å². The lowest BCUT2D eigenvalue weighted by molar-refractivity contribution is 0.301. The summed E-state index contributed by atoms with van der Waals surface area (Å²) in [5.74, 6) is -0.404. The van der Waals surface area contributed by atoms with Gasteiger partial charge in [-0.05, 0) is 27.4 Å². The third kappa shape index (κ3) is 3.13. The van der Waals surface area contributed by atoms with E-state index in [0.717, 1.165) is 13.0 Å². The Morgan fingerprint density at radius 3 is 2.17 bits per heavy atom. The van der Waals surface area contributed by atoms with E-state index in [9.17, 15) is 0 Å². The Balaban J connectivity index is 4.39. The van der Waals surface area contributed by atoms with Crippen molar-refractivity contribution in [3.8, 4) is 0 Å². The minimum absolute atomic E-state index is 0.404. The first kappa shape index (κ1) is 11.3. The molecule has 4 nitrogen and oxygen atoms in total. The maximum Gasteiger partial charge on any atom is 0.174 e. The largest absolute Gasteiger partial charge is 0.283 e. The summed E-state index contributed by atoms with van der Waals surface area (Å²) in [4.78, 5) is 8.07. The molecule has 4 heteroatoms. The molecule has 0 bridgehead atoms. The molecule has 0 aliphatic rings. The van der Waals surface area contributed by atoms with Crippen molar-refractivity contribution in [3.63, 3.8) is 0 Å². The molecule has 0 aliphatic heterocycles. The molecule has 0 aromatic rings. The maximum atomic E-state index is 4.16. The fraction of sp³-hybridized carbons (Fsp3) is 0.875. The van der Waals surface area contributed by atoms with Gasteiger partial charge in [-0.3, -0.25) is 10.6 Å². The van der Waals surface area contributed by atoms with Crippen LogP contribution in [0.15, 0.2) is 9.98 Å². The van der Waals surface area contributed by atoms with E-state index in [1.54, 1.807) is 0 Å². The topological polar surface area (TPSA) is 48.8 Å². The lowest BCUT2D eigenvalue weighted by Crippen LogP contribution is -2.51. The Labute approximate surface area is 74.2 Å². The van der Waals surface area contributed by atoms with E-state index >= 15 is 0 Å². The number of aliphatic imine (C=N–C) groups is 2. The molecule has 0 aromatic heterocycles. The summed E-state index contributed by atoms with van der Waals surface area (Å²) in [5, 5.41) is 6.15. The lowest BCUT2D eigenvalue weighted by Gasteiger charge is -2.25. The molecule has 0 atom stereocenters. The normalized spacial score (nSPS) is 10.7. The van der Waals surface area contributed by atoms with Gasteiger partial charge in [0.1, 0.15) is 0 Å². The van der Waals surface area contributed by atoms with E-state index < -0.39 is 5.79 Å². The second kappa shape index (κ2) is 5.89. The van der Waals surface area contributed by atoms with Crippen LogP contribution in [0.1, 0.15) is 20.3 Å². The minimum Gasteiger partial charge on any atom is -0.283 e. The van der Waals surface area contributed by atoms with Gasteiger partial charge in [0.25, 0.3) is 0 Å². The Bertz CT molecular complexity index is 158. The van der Waals surface area contributed by atoms with Gasteiger partial charge in [-0.15, -0.1) is 0 Å². The molecule has 0 rings (SSSR count). The average molecular weight is 170 g/mol. The third-order valence-electron chi connectivity index (χ3n) is 1.81. The zero-order chi connectivity index (χ0) is 9.45. The summed E-state index contributed by atoms with van der Waals surface area (Å²) in [6, 6.07) is 2.65. The number of rotatable bonds is 5. The van der Waals surface area contributed by atoms with Crippen LogP contribution in [0.2, 0.25) is 0 Å².